The summed E-state index contributed by atoms with van der Waals surface area (Å²) in [6.07, 6.45) is -2.49. The SMILES string of the molecule is CCNCc1ccc(OCC(F)F)c(Cl)c1. The van der Waals surface area contributed by atoms with Crippen molar-refractivity contribution in [2.75, 3.05) is 13.2 Å². The minimum Gasteiger partial charge on any atom is -0.486 e. The largest absolute Gasteiger partial charge is 0.486 e. The van der Waals surface area contributed by atoms with Gasteiger partial charge in [0.1, 0.15) is 12.4 Å². The summed E-state index contributed by atoms with van der Waals surface area (Å²) in [7, 11) is 0. The molecule has 0 aliphatic heterocycles. The van der Waals surface area contributed by atoms with E-state index in [4.69, 9.17) is 16.3 Å². The predicted molar refractivity (Wildman–Crippen MR) is 60.3 cm³/mol. The smallest absolute Gasteiger partial charge is 0.272 e. The van der Waals surface area contributed by atoms with Crippen LogP contribution in [0.2, 0.25) is 5.02 Å². The number of benzene rings is 1. The van der Waals surface area contributed by atoms with E-state index < -0.39 is 13.0 Å². The monoisotopic (exact) mass is 249 g/mol. The lowest BCUT2D eigenvalue weighted by Gasteiger charge is -2.09. The van der Waals surface area contributed by atoms with Gasteiger partial charge < -0.3 is 10.1 Å². The Morgan fingerprint density at radius 1 is 1.44 bits per heavy atom. The average molecular weight is 250 g/mol. The van der Waals surface area contributed by atoms with Gasteiger partial charge in [-0.2, -0.15) is 0 Å². The number of hydrogen-bond acceptors (Lipinski definition) is 2. The Balaban J connectivity index is 2.60. The third kappa shape index (κ3) is 4.33. The Morgan fingerprint density at radius 3 is 2.75 bits per heavy atom. The van der Waals surface area contributed by atoms with Crippen molar-refractivity contribution in [2.24, 2.45) is 0 Å². The number of alkyl halides is 2. The summed E-state index contributed by atoms with van der Waals surface area (Å²) in [5.41, 5.74) is 0.997. The number of rotatable bonds is 6. The molecule has 0 heterocycles. The standard InChI is InChI=1S/C11H14ClF2NO/c1-2-15-6-8-3-4-10(9(12)5-8)16-7-11(13)14/h3-5,11,15H,2,6-7H2,1H3. The van der Waals surface area contributed by atoms with Crippen LogP contribution < -0.4 is 10.1 Å². The fourth-order valence-electron chi connectivity index (χ4n) is 1.19. The van der Waals surface area contributed by atoms with E-state index in [2.05, 4.69) is 5.32 Å². The molecule has 0 saturated heterocycles. The van der Waals surface area contributed by atoms with Crippen molar-refractivity contribution in [3.63, 3.8) is 0 Å². The van der Waals surface area contributed by atoms with Crippen LogP contribution in [0.5, 0.6) is 5.75 Å². The first-order chi connectivity index (χ1) is 7.63. The Morgan fingerprint density at radius 2 is 2.19 bits per heavy atom. The number of nitrogens with one attached hydrogen (secondary N) is 1. The zero-order valence-electron chi connectivity index (χ0n) is 8.97. The van der Waals surface area contributed by atoms with Gasteiger partial charge in [-0.05, 0) is 24.2 Å². The first kappa shape index (κ1) is 13.2. The molecule has 0 aromatic heterocycles. The topological polar surface area (TPSA) is 21.3 Å². The highest BCUT2D eigenvalue weighted by molar-refractivity contribution is 6.32. The second-order valence-electron chi connectivity index (χ2n) is 3.25. The van der Waals surface area contributed by atoms with Gasteiger partial charge >= 0.3 is 0 Å². The van der Waals surface area contributed by atoms with Gasteiger partial charge in [0.15, 0.2) is 0 Å². The molecular weight excluding hydrogens is 236 g/mol. The molecule has 2 nitrogen and oxygen atoms in total. The van der Waals surface area contributed by atoms with Crippen LogP contribution in [0.15, 0.2) is 18.2 Å². The van der Waals surface area contributed by atoms with Crippen LogP contribution in [-0.4, -0.2) is 19.6 Å². The van der Waals surface area contributed by atoms with Crippen molar-refractivity contribution in [1.82, 2.24) is 5.32 Å². The third-order valence-electron chi connectivity index (χ3n) is 1.94. The molecule has 0 aliphatic rings. The molecule has 0 radical (unpaired) electrons. The van der Waals surface area contributed by atoms with Crippen LogP contribution in [0, 0.1) is 0 Å². The van der Waals surface area contributed by atoms with E-state index in [1.807, 2.05) is 6.92 Å². The lowest BCUT2D eigenvalue weighted by Crippen LogP contribution is -2.12. The van der Waals surface area contributed by atoms with E-state index in [0.29, 0.717) is 17.3 Å². The van der Waals surface area contributed by atoms with Gasteiger partial charge in [0, 0.05) is 6.54 Å². The van der Waals surface area contributed by atoms with Crippen molar-refractivity contribution in [3.05, 3.63) is 28.8 Å². The quantitative estimate of drug-likeness (QED) is 0.837. The van der Waals surface area contributed by atoms with Crippen LogP contribution in [-0.2, 0) is 6.54 Å². The fourth-order valence-corrected chi connectivity index (χ4v) is 1.45. The zero-order valence-corrected chi connectivity index (χ0v) is 9.73. The van der Waals surface area contributed by atoms with Gasteiger partial charge in [-0.15, -0.1) is 0 Å². The molecule has 0 unspecified atom stereocenters. The van der Waals surface area contributed by atoms with E-state index in [1.165, 1.54) is 0 Å². The van der Waals surface area contributed by atoms with Gasteiger partial charge in [-0.3, -0.25) is 0 Å². The number of ether oxygens (including phenoxy) is 1. The summed E-state index contributed by atoms with van der Waals surface area (Å²) in [5.74, 6) is 0.294. The van der Waals surface area contributed by atoms with E-state index in [-0.39, 0.29) is 0 Å². The van der Waals surface area contributed by atoms with Crippen molar-refractivity contribution in [3.8, 4) is 5.75 Å². The third-order valence-corrected chi connectivity index (χ3v) is 2.24. The lowest BCUT2D eigenvalue weighted by molar-refractivity contribution is 0.0819. The lowest BCUT2D eigenvalue weighted by atomic mass is 10.2. The molecule has 0 fully saturated rings. The highest BCUT2D eigenvalue weighted by atomic mass is 35.5. The summed E-state index contributed by atoms with van der Waals surface area (Å²) in [6, 6.07) is 5.12. The van der Waals surface area contributed by atoms with Gasteiger partial charge in [0.25, 0.3) is 6.43 Å². The van der Waals surface area contributed by atoms with Crippen molar-refractivity contribution in [2.45, 2.75) is 19.9 Å². The van der Waals surface area contributed by atoms with E-state index in [0.717, 1.165) is 12.1 Å². The Kier molecular flexibility index (Phi) is 5.49. The van der Waals surface area contributed by atoms with Crippen LogP contribution >= 0.6 is 11.6 Å². The summed E-state index contributed by atoms with van der Waals surface area (Å²) in [5, 5.41) is 3.50. The normalized spacial score (nSPS) is 10.8. The number of halogens is 3. The van der Waals surface area contributed by atoms with Gasteiger partial charge in [-0.25, -0.2) is 8.78 Å². The molecule has 1 aromatic carbocycles. The molecular formula is C11H14ClF2NO. The molecule has 90 valence electrons. The maximum Gasteiger partial charge on any atom is 0.272 e. The molecule has 0 spiro atoms. The van der Waals surface area contributed by atoms with Crippen LogP contribution in [0.3, 0.4) is 0 Å². The first-order valence-electron chi connectivity index (χ1n) is 5.03. The second kappa shape index (κ2) is 6.66. The maximum absolute atomic E-state index is 11.9. The second-order valence-corrected chi connectivity index (χ2v) is 3.65. The first-order valence-corrected chi connectivity index (χ1v) is 5.41. The molecule has 0 aliphatic carbocycles. The van der Waals surface area contributed by atoms with E-state index in [1.54, 1.807) is 18.2 Å². The molecule has 16 heavy (non-hydrogen) atoms. The van der Waals surface area contributed by atoms with Gasteiger partial charge in [0.2, 0.25) is 0 Å². The molecule has 0 bridgehead atoms. The molecule has 1 aromatic rings. The fraction of sp³-hybridized carbons (Fsp3) is 0.455. The van der Waals surface area contributed by atoms with Gasteiger partial charge in [0.05, 0.1) is 5.02 Å². The van der Waals surface area contributed by atoms with Crippen molar-refractivity contribution < 1.29 is 13.5 Å². The molecule has 0 amide bonds. The van der Waals surface area contributed by atoms with E-state index >= 15 is 0 Å². The Bertz CT molecular complexity index is 334. The van der Waals surface area contributed by atoms with Crippen molar-refractivity contribution in [1.29, 1.82) is 0 Å². The minimum atomic E-state index is -2.49. The predicted octanol–water partition coefficient (Wildman–Crippen LogP) is 3.09. The Hall–Kier alpha value is -0.870. The maximum atomic E-state index is 11.9. The molecule has 1 rings (SSSR count). The Labute approximate surface area is 98.6 Å². The minimum absolute atomic E-state index is 0.294. The molecule has 5 heteroatoms. The van der Waals surface area contributed by atoms with Crippen LogP contribution in [0.25, 0.3) is 0 Å². The highest BCUT2D eigenvalue weighted by Gasteiger charge is 2.07. The molecule has 0 saturated carbocycles. The highest BCUT2D eigenvalue weighted by Crippen LogP contribution is 2.25. The average Bonchev–Trinajstić information content (AvgIpc) is 2.24. The molecule has 0 atom stereocenters. The zero-order chi connectivity index (χ0) is 12.0. The summed E-state index contributed by atoms with van der Waals surface area (Å²) in [6.45, 7) is 2.93. The van der Waals surface area contributed by atoms with Gasteiger partial charge in [-0.1, -0.05) is 24.6 Å². The van der Waals surface area contributed by atoms with Crippen LogP contribution in [0.1, 0.15) is 12.5 Å². The summed E-state index contributed by atoms with van der Waals surface area (Å²) >= 11 is 5.89. The van der Waals surface area contributed by atoms with Crippen molar-refractivity contribution >= 4 is 11.6 Å². The molecule has 1 N–H and O–H groups in total. The van der Waals surface area contributed by atoms with E-state index in [9.17, 15) is 8.78 Å². The number of hydrogen-bond donors (Lipinski definition) is 1. The summed E-state index contributed by atoms with van der Waals surface area (Å²) in [4.78, 5) is 0. The van der Waals surface area contributed by atoms with Crippen LogP contribution in [0.4, 0.5) is 8.78 Å². The summed E-state index contributed by atoms with van der Waals surface area (Å²) < 4.78 is 28.7.